The Bertz CT molecular complexity index is 265. The Morgan fingerprint density at radius 3 is 2.36 bits per heavy atom. The average Bonchev–Trinajstić information content (AvgIpc) is 2.03. The van der Waals surface area contributed by atoms with Crippen LogP contribution >= 0.6 is 20.2 Å². The Morgan fingerprint density at radius 1 is 1.64 bits per heavy atom. The Hall–Kier alpha value is -0.330. The van der Waals surface area contributed by atoms with Gasteiger partial charge in [0.2, 0.25) is 0 Å². The normalized spacial score (nSPS) is 15.9. The summed E-state index contributed by atoms with van der Waals surface area (Å²) in [5.74, 6) is -2.66. The standard InChI is InChI=1S/C6H12NO5PS/c1-2-5(13(10,11)12)7-4(3-14)6(8)9/h2,4-5,7,14H,1,3H2,(H,8,9)(H2,10,11,12). The highest BCUT2D eigenvalue weighted by atomic mass is 32.1. The molecule has 0 fully saturated rings. The summed E-state index contributed by atoms with van der Waals surface area (Å²) in [5.41, 5.74) is 0. The Balaban J connectivity index is 4.53. The van der Waals surface area contributed by atoms with Crippen molar-refractivity contribution < 1.29 is 24.3 Å². The van der Waals surface area contributed by atoms with Crippen LogP contribution in [0.2, 0.25) is 0 Å². The lowest BCUT2D eigenvalue weighted by molar-refractivity contribution is -0.138. The molecule has 0 amide bonds. The summed E-state index contributed by atoms with van der Waals surface area (Å²) in [4.78, 5) is 28.0. The van der Waals surface area contributed by atoms with Gasteiger partial charge < -0.3 is 14.9 Å². The minimum absolute atomic E-state index is 0.0698. The number of carboxylic acids is 1. The molecule has 0 rings (SSSR count). The molecular formula is C6H12NO5PS. The number of aliphatic carboxylic acids is 1. The van der Waals surface area contributed by atoms with Crippen molar-refractivity contribution in [2.24, 2.45) is 0 Å². The van der Waals surface area contributed by atoms with Crippen molar-refractivity contribution in [1.82, 2.24) is 5.32 Å². The van der Waals surface area contributed by atoms with Gasteiger partial charge in [0.25, 0.3) is 0 Å². The smallest absolute Gasteiger partial charge is 0.346 e. The maximum Gasteiger partial charge on any atom is 0.346 e. The van der Waals surface area contributed by atoms with E-state index in [1.807, 2.05) is 0 Å². The third-order valence-corrected chi connectivity index (χ3v) is 2.89. The van der Waals surface area contributed by atoms with E-state index < -0.39 is 25.4 Å². The van der Waals surface area contributed by atoms with E-state index in [0.717, 1.165) is 6.08 Å². The molecule has 8 heteroatoms. The molecule has 0 bridgehead atoms. The maximum absolute atomic E-state index is 10.8. The van der Waals surface area contributed by atoms with E-state index in [-0.39, 0.29) is 5.75 Å². The van der Waals surface area contributed by atoms with Crippen LogP contribution in [0.15, 0.2) is 12.7 Å². The van der Waals surface area contributed by atoms with Gasteiger partial charge in [-0.1, -0.05) is 6.08 Å². The molecule has 0 aliphatic carbocycles. The van der Waals surface area contributed by atoms with E-state index in [1.54, 1.807) is 0 Å². The second-order valence-electron chi connectivity index (χ2n) is 2.51. The number of thiol groups is 1. The number of hydrogen-bond acceptors (Lipinski definition) is 4. The van der Waals surface area contributed by atoms with Gasteiger partial charge in [-0.25, -0.2) is 0 Å². The zero-order chi connectivity index (χ0) is 11.4. The number of hydrogen-bond donors (Lipinski definition) is 5. The SMILES string of the molecule is C=CC(NC(CS)C(=O)O)P(=O)(O)O. The van der Waals surface area contributed by atoms with Crippen LogP contribution in [0.1, 0.15) is 0 Å². The molecule has 0 radical (unpaired) electrons. The molecule has 2 atom stereocenters. The summed E-state index contributed by atoms with van der Waals surface area (Å²) in [6.45, 7) is 3.20. The highest BCUT2D eigenvalue weighted by molar-refractivity contribution is 7.80. The van der Waals surface area contributed by atoms with Gasteiger partial charge in [-0.05, 0) is 0 Å². The van der Waals surface area contributed by atoms with Gasteiger partial charge in [-0.2, -0.15) is 12.6 Å². The third-order valence-electron chi connectivity index (χ3n) is 1.44. The van der Waals surface area contributed by atoms with Gasteiger partial charge >= 0.3 is 13.6 Å². The molecule has 0 aromatic rings. The fourth-order valence-corrected chi connectivity index (χ4v) is 1.62. The first-order valence-corrected chi connectivity index (χ1v) is 5.91. The molecule has 82 valence electrons. The van der Waals surface area contributed by atoms with Crippen LogP contribution in [0.5, 0.6) is 0 Å². The molecule has 0 aliphatic rings. The molecule has 4 N–H and O–H groups in total. The Kier molecular flexibility index (Phi) is 5.40. The van der Waals surface area contributed by atoms with Crippen molar-refractivity contribution in [2.75, 3.05) is 5.75 Å². The van der Waals surface area contributed by atoms with Crippen molar-refractivity contribution in [1.29, 1.82) is 0 Å². The van der Waals surface area contributed by atoms with E-state index in [1.165, 1.54) is 0 Å². The van der Waals surface area contributed by atoms with Crippen LogP contribution in [-0.2, 0) is 9.36 Å². The highest BCUT2D eigenvalue weighted by Gasteiger charge is 2.29. The van der Waals surface area contributed by atoms with Crippen LogP contribution in [-0.4, -0.2) is 38.4 Å². The molecule has 0 aromatic carbocycles. The molecule has 0 aliphatic heterocycles. The molecule has 0 spiro atoms. The first-order chi connectivity index (χ1) is 6.32. The van der Waals surface area contributed by atoms with Crippen molar-refractivity contribution in [3.8, 4) is 0 Å². The maximum atomic E-state index is 10.8. The van der Waals surface area contributed by atoms with E-state index in [0.29, 0.717) is 0 Å². The van der Waals surface area contributed by atoms with Crippen molar-refractivity contribution in [3.05, 3.63) is 12.7 Å². The minimum Gasteiger partial charge on any atom is -0.480 e. The van der Waals surface area contributed by atoms with E-state index in [9.17, 15) is 9.36 Å². The fraction of sp³-hybridized carbons (Fsp3) is 0.500. The molecule has 14 heavy (non-hydrogen) atoms. The summed E-state index contributed by atoms with van der Waals surface area (Å²) in [6, 6.07) is -1.12. The van der Waals surface area contributed by atoms with Crippen LogP contribution in [0, 0.1) is 0 Å². The first-order valence-electron chi connectivity index (χ1n) is 3.60. The minimum atomic E-state index is -4.41. The van der Waals surface area contributed by atoms with Crippen molar-refractivity contribution >= 4 is 26.2 Å². The predicted molar refractivity (Wildman–Crippen MR) is 54.4 cm³/mol. The zero-order valence-corrected chi connectivity index (χ0v) is 8.99. The predicted octanol–water partition coefficient (Wildman–Crippen LogP) is -0.351. The van der Waals surface area contributed by atoms with Gasteiger partial charge in [0.05, 0.1) is 0 Å². The molecule has 0 saturated carbocycles. The summed E-state index contributed by atoms with van der Waals surface area (Å²) >= 11 is 3.73. The monoisotopic (exact) mass is 241 g/mol. The van der Waals surface area contributed by atoms with Crippen LogP contribution < -0.4 is 5.32 Å². The van der Waals surface area contributed by atoms with E-state index in [4.69, 9.17) is 14.9 Å². The van der Waals surface area contributed by atoms with Gasteiger partial charge in [0, 0.05) is 5.75 Å². The molecular weight excluding hydrogens is 229 g/mol. The second kappa shape index (κ2) is 5.53. The summed E-state index contributed by atoms with van der Waals surface area (Å²) < 4.78 is 10.8. The fourth-order valence-electron chi connectivity index (χ4n) is 0.711. The second-order valence-corrected chi connectivity index (χ2v) is 4.61. The third kappa shape index (κ3) is 4.26. The summed E-state index contributed by atoms with van der Waals surface area (Å²) in [6.07, 6.45) is 0.972. The summed E-state index contributed by atoms with van der Waals surface area (Å²) in [5, 5.41) is 10.8. The van der Waals surface area contributed by atoms with Crippen molar-refractivity contribution in [3.63, 3.8) is 0 Å². The van der Waals surface area contributed by atoms with Crippen LogP contribution in [0.4, 0.5) is 0 Å². The lowest BCUT2D eigenvalue weighted by atomic mass is 10.3. The summed E-state index contributed by atoms with van der Waals surface area (Å²) in [7, 11) is -4.41. The largest absolute Gasteiger partial charge is 0.480 e. The lowest BCUT2D eigenvalue weighted by Crippen LogP contribution is -2.43. The van der Waals surface area contributed by atoms with Gasteiger partial charge in [-0.3, -0.25) is 14.7 Å². The topological polar surface area (TPSA) is 107 Å². The van der Waals surface area contributed by atoms with E-state index >= 15 is 0 Å². The molecule has 6 nitrogen and oxygen atoms in total. The number of carboxylic acid groups (broad SMARTS) is 1. The molecule has 0 heterocycles. The van der Waals surface area contributed by atoms with Crippen molar-refractivity contribution in [2.45, 2.75) is 11.8 Å². The molecule has 2 unspecified atom stereocenters. The van der Waals surface area contributed by atoms with Gasteiger partial charge in [0.15, 0.2) is 0 Å². The number of nitrogens with one attached hydrogen (secondary N) is 1. The lowest BCUT2D eigenvalue weighted by Gasteiger charge is -2.19. The van der Waals surface area contributed by atoms with Crippen LogP contribution in [0.25, 0.3) is 0 Å². The van der Waals surface area contributed by atoms with E-state index in [2.05, 4.69) is 24.5 Å². The Labute approximate surface area is 86.6 Å². The van der Waals surface area contributed by atoms with Crippen LogP contribution in [0.3, 0.4) is 0 Å². The number of carbonyl (C=O) groups is 1. The number of rotatable bonds is 6. The Morgan fingerprint density at radius 2 is 2.14 bits per heavy atom. The van der Waals surface area contributed by atoms with Gasteiger partial charge in [-0.15, -0.1) is 6.58 Å². The van der Waals surface area contributed by atoms with Gasteiger partial charge in [0.1, 0.15) is 11.8 Å². The first kappa shape index (κ1) is 13.7. The zero-order valence-electron chi connectivity index (χ0n) is 7.20. The highest BCUT2D eigenvalue weighted by Crippen LogP contribution is 2.40. The average molecular weight is 241 g/mol. The molecule has 0 saturated heterocycles. The molecule has 0 aromatic heterocycles. The quantitative estimate of drug-likeness (QED) is 0.247.